The Morgan fingerprint density at radius 1 is 1.10 bits per heavy atom. The molecule has 0 saturated carbocycles. The molecule has 2 saturated heterocycles. The van der Waals surface area contributed by atoms with Crippen LogP contribution in [-0.4, -0.2) is 53.9 Å². The summed E-state index contributed by atoms with van der Waals surface area (Å²) < 4.78 is 5.16. The van der Waals surface area contributed by atoms with Gasteiger partial charge in [0.2, 0.25) is 0 Å². The number of furan rings is 1. The van der Waals surface area contributed by atoms with E-state index < -0.39 is 4.92 Å². The van der Waals surface area contributed by atoms with Crippen LogP contribution in [0.1, 0.15) is 46.6 Å². The van der Waals surface area contributed by atoms with E-state index in [9.17, 15) is 19.7 Å². The Morgan fingerprint density at radius 2 is 1.83 bits per heavy atom. The summed E-state index contributed by atoms with van der Waals surface area (Å²) in [7, 11) is 0. The summed E-state index contributed by atoms with van der Waals surface area (Å²) in [4.78, 5) is 39.8. The fourth-order valence-electron chi connectivity index (χ4n) is 4.09. The second-order valence-corrected chi connectivity index (χ2v) is 7.67. The summed E-state index contributed by atoms with van der Waals surface area (Å²) in [5.41, 5.74) is 0.806. The second-order valence-electron chi connectivity index (χ2n) is 7.67. The van der Waals surface area contributed by atoms with Crippen LogP contribution < -0.4 is 10.2 Å². The Morgan fingerprint density at radius 3 is 2.47 bits per heavy atom. The van der Waals surface area contributed by atoms with Crippen LogP contribution in [0.15, 0.2) is 41.0 Å². The van der Waals surface area contributed by atoms with Crippen LogP contribution in [0.2, 0.25) is 0 Å². The van der Waals surface area contributed by atoms with Gasteiger partial charge in [0, 0.05) is 43.9 Å². The number of carbonyl (C=O) groups excluding carboxylic acids is 2. The van der Waals surface area contributed by atoms with E-state index in [4.69, 9.17) is 4.42 Å². The standard InChI is InChI=1S/C21H24N4O5/c26-20(15-5-6-17(18(14-15)25(28)29)23-9-1-2-10-23)22-16-7-11-24(12-8-16)21(27)19-4-3-13-30-19/h3-6,13-14,16H,1-2,7-12H2,(H,22,26). The predicted octanol–water partition coefficient (Wildman–Crippen LogP) is 2.82. The van der Waals surface area contributed by atoms with Gasteiger partial charge in [-0.05, 0) is 49.9 Å². The van der Waals surface area contributed by atoms with Crippen LogP contribution in [0.25, 0.3) is 0 Å². The largest absolute Gasteiger partial charge is 0.459 e. The second kappa shape index (κ2) is 8.56. The van der Waals surface area contributed by atoms with Gasteiger partial charge in [-0.15, -0.1) is 0 Å². The van der Waals surface area contributed by atoms with Crippen molar-refractivity contribution < 1.29 is 18.9 Å². The van der Waals surface area contributed by atoms with E-state index in [1.165, 1.54) is 12.3 Å². The first-order chi connectivity index (χ1) is 14.5. The number of amides is 2. The Labute approximate surface area is 173 Å². The lowest BCUT2D eigenvalue weighted by Crippen LogP contribution is -2.46. The number of nitro groups is 1. The fourth-order valence-corrected chi connectivity index (χ4v) is 4.09. The molecule has 158 valence electrons. The molecule has 1 aromatic carbocycles. The predicted molar refractivity (Wildman–Crippen MR) is 110 cm³/mol. The van der Waals surface area contributed by atoms with E-state index in [2.05, 4.69) is 5.32 Å². The molecule has 9 nitrogen and oxygen atoms in total. The number of benzene rings is 1. The highest BCUT2D eigenvalue weighted by molar-refractivity contribution is 5.96. The third-order valence-corrected chi connectivity index (χ3v) is 5.73. The number of nitrogens with one attached hydrogen (secondary N) is 1. The van der Waals surface area contributed by atoms with Crippen molar-refractivity contribution in [2.45, 2.75) is 31.7 Å². The summed E-state index contributed by atoms with van der Waals surface area (Å²) in [5.74, 6) is -0.178. The van der Waals surface area contributed by atoms with E-state index in [0.717, 1.165) is 25.9 Å². The van der Waals surface area contributed by atoms with Gasteiger partial charge in [-0.1, -0.05) is 0 Å². The van der Waals surface area contributed by atoms with Crippen LogP contribution in [0.5, 0.6) is 0 Å². The smallest absolute Gasteiger partial charge is 0.293 e. The Bertz CT molecular complexity index is 929. The molecule has 1 N–H and O–H groups in total. The molecule has 0 atom stereocenters. The number of likely N-dealkylation sites (tertiary alicyclic amines) is 1. The van der Waals surface area contributed by atoms with Crippen LogP contribution in [0.4, 0.5) is 11.4 Å². The number of rotatable bonds is 5. The van der Waals surface area contributed by atoms with E-state index in [0.29, 0.717) is 37.4 Å². The molecule has 0 spiro atoms. The van der Waals surface area contributed by atoms with Crippen molar-refractivity contribution in [2.24, 2.45) is 0 Å². The number of nitrogens with zero attached hydrogens (tertiary/aromatic N) is 3. The third kappa shape index (κ3) is 4.14. The number of hydrogen-bond donors (Lipinski definition) is 1. The van der Waals surface area contributed by atoms with Gasteiger partial charge in [0.1, 0.15) is 5.69 Å². The summed E-state index contributed by atoms with van der Waals surface area (Å²) in [6.45, 7) is 2.61. The van der Waals surface area contributed by atoms with Crippen molar-refractivity contribution in [1.29, 1.82) is 0 Å². The van der Waals surface area contributed by atoms with Gasteiger partial charge in [0.15, 0.2) is 5.76 Å². The summed E-state index contributed by atoms with van der Waals surface area (Å²) in [6.07, 6.45) is 4.73. The first-order valence-corrected chi connectivity index (χ1v) is 10.2. The van der Waals surface area contributed by atoms with Gasteiger partial charge < -0.3 is 19.5 Å². The Balaban J connectivity index is 1.38. The molecule has 4 rings (SSSR count). The molecular weight excluding hydrogens is 388 g/mol. The zero-order valence-electron chi connectivity index (χ0n) is 16.6. The molecule has 1 aromatic heterocycles. The molecule has 2 aliphatic heterocycles. The van der Waals surface area contributed by atoms with Gasteiger partial charge in [0.05, 0.1) is 11.2 Å². The Kier molecular flexibility index (Phi) is 5.69. The average Bonchev–Trinajstić information content (AvgIpc) is 3.47. The zero-order valence-corrected chi connectivity index (χ0v) is 16.6. The molecule has 2 aromatic rings. The van der Waals surface area contributed by atoms with Gasteiger partial charge >= 0.3 is 0 Å². The molecule has 3 heterocycles. The average molecular weight is 412 g/mol. The lowest BCUT2D eigenvalue weighted by atomic mass is 10.0. The molecule has 2 fully saturated rings. The van der Waals surface area contributed by atoms with Crippen molar-refractivity contribution in [3.05, 3.63) is 58.0 Å². The van der Waals surface area contributed by atoms with Crippen molar-refractivity contribution in [3.8, 4) is 0 Å². The van der Waals surface area contributed by atoms with Crippen molar-refractivity contribution in [3.63, 3.8) is 0 Å². The van der Waals surface area contributed by atoms with Crippen LogP contribution in [-0.2, 0) is 0 Å². The Hall–Kier alpha value is -3.36. The maximum Gasteiger partial charge on any atom is 0.293 e. The third-order valence-electron chi connectivity index (χ3n) is 5.73. The highest BCUT2D eigenvalue weighted by Gasteiger charge is 2.27. The monoisotopic (exact) mass is 412 g/mol. The maximum atomic E-state index is 12.7. The molecule has 0 aliphatic carbocycles. The van der Waals surface area contributed by atoms with Crippen LogP contribution in [0, 0.1) is 10.1 Å². The van der Waals surface area contributed by atoms with E-state index in [-0.39, 0.29) is 29.1 Å². The molecule has 2 amide bonds. The molecule has 2 aliphatic rings. The highest BCUT2D eigenvalue weighted by Crippen LogP contribution is 2.31. The molecule has 0 bridgehead atoms. The fraction of sp³-hybridized carbons (Fsp3) is 0.429. The normalized spacial score (nSPS) is 17.2. The van der Waals surface area contributed by atoms with Gasteiger partial charge in [-0.3, -0.25) is 19.7 Å². The van der Waals surface area contributed by atoms with E-state index in [1.807, 2.05) is 4.90 Å². The van der Waals surface area contributed by atoms with Crippen molar-refractivity contribution >= 4 is 23.2 Å². The quantitative estimate of drug-likeness (QED) is 0.597. The lowest BCUT2D eigenvalue weighted by Gasteiger charge is -2.31. The van der Waals surface area contributed by atoms with Crippen LogP contribution in [0.3, 0.4) is 0 Å². The number of nitro benzene ring substituents is 1. The maximum absolute atomic E-state index is 12.7. The van der Waals surface area contributed by atoms with Gasteiger partial charge in [0.25, 0.3) is 17.5 Å². The molecule has 30 heavy (non-hydrogen) atoms. The number of carbonyl (C=O) groups is 2. The number of hydrogen-bond acceptors (Lipinski definition) is 6. The minimum absolute atomic E-state index is 0.0385. The molecular formula is C21H24N4O5. The first-order valence-electron chi connectivity index (χ1n) is 10.2. The van der Waals surface area contributed by atoms with E-state index in [1.54, 1.807) is 29.2 Å². The lowest BCUT2D eigenvalue weighted by molar-refractivity contribution is -0.384. The molecule has 0 unspecified atom stereocenters. The highest BCUT2D eigenvalue weighted by atomic mass is 16.6. The summed E-state index contributed by atoms with van der Waals surface area (Å²) >= 11 is 0. The summed E-state index contributed by atoms with van der Waals surface area (Å²) in [6, 6.07) is 7.90. The number of anilines is 1. The van der Waals surface area contributed by atoms with Gasteiger partial charge in [-0.2, -0.15) is 0 Å². The minimum atomic E-state index is -0.427. The first kappa shape index (κ1) is 19.9. The van der Waals surface area contributed by atoms with E-state index >= 15 is 0 Å². The molecule has 9 heteroatoms. The SMILES string of the molecule is O=C(NC1CCN(C(=O)c2ccco2)CC1)c1ccc(N2CCCC2)c([N+](=O)[O-])c1. The topological polar surface area (TPSA) is 109 Å². The van der Waals surface area contributed by atoms with Crippen molar-refractivity contribution in [1.82, 2.24) is 10.2 Å². The van der Waals surface area contributed by atoms with Crippen molar-refractivity contribution in [2.75, 3.05) is 31.1 Å². The number of piperidine rings is 1. The molecule has 0 radical (unpaired) electrons. The minimum Gasteiger partial charge on any atom is -0.459 e. The van der Waals surface area contributed by atoms with Crippen LogP contribution >= 0.6 is 0 Å². The summed E-state index contributed by atoms with van der Waals surface area (Å²) in [5, 5.41) is 14.5. The van der Waals surface area contributed by atoms with Gasteiger partial charge in [-0.25, -0.2) is 0 Å². The zero-order chi connectivity index (χ0) is 21.1.